The fraction of sp³-hybridized carbons (Fsp3) is 0.464. The number of aromatic nitrogens is 4. The highest BCUT2D eigenvalue weighted by atomic mass is 19.1. The molecule has 2 amide bonds. The Morgan fingerprint density at radius 2 is 1.74 bits per heavy atom. The molecule has 10 nitrogen and oxygen atoms in total. The van der Waals surface area contributed by atoms with Crippen LogP contribution in [-0.2, 0) is 16.1 Å². The molecule has 1 aliphatic rings. The van der Waals surface area contributed by atoms with Gasteiger partial charge in [0.25, 0.3) is 0 Å². The molecule has 0 bridgehead atoms. The summed E-state index contributed by atoms with van der Waals surface area (Å²) in [5.41, 5.74) is 0.658. The number of benzene rings is 2. The predicted molar refractivity (Wildman–Crippen MR) is 142 cm³/mol. The Labute approximate surface area is 227 Å². The summed E-state index contributed by atoms with van der Waals surface area (Å²) in [6, 6.07) is 9.88. The Balaban J connectivity index is 1.65. The molecule has 39 heavy (non-hydrogen) atoms. The van der Waals surface area contributed by atoms with E-state index in [4.69, 9.17) is 9.47 Å². The second-order valence-electron chi connectivity index (χ2n) is 10.6. The Hall–Kier alpha value is -4.02. The van der Waals surface area contributed by atoms with Gasteiger partial charge in [-0.2, -0.15) is 4.80 Å². The number of carbonyl (C=O) groups excluding carboxylic acids is 2. The number of nitrogens with zero attached hydrogens (tertiary/aromatic N) is 5. The van der Waals surface area contributed by atoms with Crippen molar-refractivity contribution in [1.29, 1.82) is 0 Å². The number of ether oxygens (including phenoxy) is 2. The van der Waals surface area contributed by atoms with Gasteiger partial charge in [-0.15, -0.1) is 10.2 Å². The summed E-state index contributed by atoms with van der Waals surface area (Å²) >= 11 is 0. The highest BCUT2D eigenvalue weighted by Gasteiger charge is 2.38. The third kappa shape index (κ3) is 6.71. The van der Waals surface area contributed by atoms with Crippen molar-refractivity contribution in [2.45, 2.75) is 70.6 Å². The van der Waals surface area contributed by atoms with Gasteiger partial charge in [-0.1, -0.05) is 25.0 Å². The van der Waals surface area contributed by atoms with Crippen molar-refractivity contribution in [3.05, 3.63) is 53.8 Å². The van der Waals surface area contributed by atoms with Crippen LogP contribution in [0.25, 0.3) is 11.4 Å². The zero-order valence-electron chi connectivity index (χ0n) is 23.0. The van der Waals surface area contributed by atoms with Crippen molar-refractivity contribution in [1.82, 2.24) is 30.4 Å². The van der Waals surface area contributed by atoms with Crippen molar-refractivity contribution in [2.24, 2.45) is 0 Å². The summed E-state index contributed by atoms with van der Waals surface area (Å²) < 4.78 is 24.4. The van der Waals surface area contributed by atoms with Crippen molar-refractivity contribution in [2.75, 3.05) is 14.2 Å². The fourth-order valence-electron chi connectivity index (χ4n) is 4.87. The zero-order valence-corrected chi connectivity index (χ0v) is 23.0. The minimum absolute atomic E-state index is 0.146. The van der Waals surface area contributed by atoms with Crippen LogP contribution in [-0.4, -0.2) is 62.7 Å². The van der Waals surface area contributed by atoms with E-state index in [9.17, 15) is 14.0 Å². The SMILES string of the molecule is COc1ccc(-c2nnn(CC(=O)N(C3CCCC3)[C@@H](C(=O)NC(C)(C)C)c3ccc(F)cc3)n2)cc1OC. The summed E-state index contributed by atoms with van der Waals surface area (Å²) in [6.45, 7) is 5.42. The first-order valence-corrected chi connectivity index (χ1v) is 13.0. The number of methoxy groups -OCH3 is 2. The van der Waals surface area contributed by atoms with Crippen LogP contribution in [0.4, 0.5) is 4.39 Å². The van der Waals surface area contributed by atoms with E-state index >= 15 is 0 Å². The molecule has 1 fully saturated rings. The molecule has 1 saturated carbocycles. The van der Waals surface area contributed by atoms with Gasteiger partial charge in [0.15, 0.2) is 11.5 Å². The molecule has 0 radical (unpaired) electrons. The molecule has 1 atom stereocenters. The molecule has 208 valence electrons. The van der Waals surface area contributed by atoms with Gasteiger partial charge in [0.2, 0.25) is 17.6 Å². The van der Waals surface area contributed by atoms with Crippen LogP contribution in [0.2, 0.25) is 0 Å². The van der Waals surface area contributed by atoms with Gasteiger partial charge in [0, 0.05) is 17.1 Å². The van der Waals surface area contributed by atoms with Crippen molar-refractivity contribution >= 4 is 11.8 Å². The van der Waals surface area contributed by atoms with Crippen molar-refractivity contribution in [3.8, 4) is 22.9 Å². The number of carbonyl (C=O) groups is 2. The highest BCUT2D eigenvalue weighted by molar-refractivity contribution is 5.89. The maximum atomic E-state index is 13.9. The van der Waals surface area contributed by atoms with Gasteiger partial charge in [-0.25, -0.2) is 4.39 Å². The summed E-state index contributed by atoms with van der Waals surface area (Å²) in [5, 5.41) is 15.6. The zero-order chi connectivity index (χ0) is 28.2. The number of rotatable bonds is 9. The summed E-state index contributed by atoms with van der Waals surface area (Å²) in [4.78, 5) is 30.4. The smallest absolute Gasteiger partial charge is 0.247 e. The lowest BCUT2D eigenvalue weighted by Gasteiger charge is -2.37. The molecule has 0 unspecified atom stereocenters. The molecule has 11 heteroatoms. The molecular weight excluding hydrogens is 503 g/mol. The molecule has 1 aromatic heterocycles. The van der Waals surface area contributed by atoms with E-state index < -0.39 is 17.4 Å². The third-order valence-corrected chi connectivity index (χ3v) is 6.59. The minimum Gasteiger partial charge on any atom is -0.493 e. The van der Waals surface area contributed by atoms with Gasteiger partial charge in [-0.3, -0.25) is 9.59 Å². The highest BCUT2D eigenvalue weighted by Crippen LogP contribution is 2.33. The van der Waals surface area contributed by atoms with E-state index in [1.165, 1.54) is 24.0 Å². The first-order valence-electron chi connectivity index (χ1n) is 13.0. The van der Waals surface area contributed by atoms with Crippen LogP contribution in [0.15, 0.2) is 42.5 Å². The predicted octanol–water partition coefficient (Wildman–Crippen LogP) is 3.92. The molecule has 0 aliphatic heterocycles. The number of hydrogen-bond donors (Lipinski definition) is 1. The lowest BCUT2D eigenvalue weighted by atomic mass is 9.99. The molecule has 1 heterocycles. The first-order chi connectivity index (χ1) is 18.6. The van der Waals surface area contributed by atoms with Crippen molar-refractivity contribution in [3.63, 3.8) is 0 Å². The van der Waals surface area contributed by atoms with Crippen LogP contribution in [0.5, 0.6) is 11.5 Å². The molecule has 3 aromatic rings. The summed E-state index contributed by atoms with van der Waals surface area (Å²) in [7, 11) is 3.09. The van der Waals surface area contributed by atoms with Gasteiger partial charge < -0.3 is 19.7 Å². The molecule has 0 spiro atoms. The van der Waals surface area contributed by atoms with E-state index in [1.807, 2.05) is 20.8 Å². The second kappa shape index (κ2) is 11.8. The summed E-state index contributed by atoms with van der Waals surface area (Å²) in [6.07, 6.45) is 3.45. The normalized spacial score (nSPS) is 14.6. The van der Waals surface area contributed by atoms with E-state index in [0.717, 1.165) is 25.7 Å². The number of tetrazole rings is 1. The van der Waals surface area contributed by atoms with Crippen LogP contribution < -0.4 is 14.8 Å². The number of hydrogen-bond acceptors (Lipinski definition) is 7. The fourth-order valence-corrected chi connectivity index (χ4v) is 4.87. The standard InChI is InChI=1S/C28H35FN6O4/c1-28(2,3)30-27(37)25(18-10-13-20(29)14-11-18)35(21-8-6-7-9-21)24(36)17-34-32-26(31-33-34)19-12-15-22(38-4)23(16-19)39-5/h10-16,21,25H,6-9,17H2,1-5H3,(H,30,37)/t25-/m1/s1. The number of amides is 2. The molecule has 4 rings (SSSR count). The van der Waals surface area contributed by atoms with Crippen LogP contribution in [0.3, 0.4) is 0 Å². The minimum atomic E-state index is -0.936. The average Bonchev–Trinajstić information content (AvgIpc) is 3.59. The van der Waals surface area contributed by atoms with E-state index in [0.29, 0.717) is 28.5 Å². The Morgan fingerprint density at radius 3 is 2.36 bits per heavy atom. The maximum Gasteiger partial charge on any atom is 0.247 e. The van der Waals surface area contributed by atoms with Gasteiger partial charge in [0.05, 0.1) is 14.2 Å². The third-order valence-electron chi connectivity index (χ3n) is 6.59. The Morgan fingerprint density at radius 1 is 1.08 bits per heavy atom. The van der Waals surface area contributed by atoms with Gasteiger partial charge in [0.1, 0.15) is 18.4 Å². The van der Waals surface area contributed by atoms with E-state index in [1.54, 1.807) is 42.3 Å². The largest absolute Gasteiger partial charge is 0.493 e. The second-order valence-corrected chi connectivity index (χ2v) is 10.6. The molecule has 2 aromatic carbocycles. The van der Waals surface area contributed by atoms with Gasteiger partial charge in [-0.05, 0) is 74.7 Å². The molecular formula is C28H35FN6O4. The lowest BCUT2D eigenvalue weighted by molar-refractivity contribution is -0.145. The number of halogens is 1. The monoisotopic (exact) mass is 538 g/mol. The summed E-state index contributed by atoms with van der Waals surface area (Å²) in [5.74, 6) is 0.334. The molecule has 1 N–H and O–H groups in total. The van der Waals surface area contributed by atoms with E-state index in [-0.39, 0.29) is 24.4 Å². The average molecular weight is 539 g/mol. The molecule has 0 saturated heterocycles. The van der Waals surface area contributed by atoms with Crippen molar-refractivity contribution < 1.29 is 23.5 Å². The van der Waals surface area contributed by atoms with Crippen LogP contribution in [0.1, 0.15) is 58.1 Å². The molecule has 1 aliphatic carbocycles. The van der Waals surface area contributed by atoms with Crippen LogP contribution >= 0.6 is 0 Å². The topological polar surface area (TPSA) is 111 Å². The lowest BCUT2D eigenvalue weighted by Crippen LogP contribution is -2.52. The van der Waals surface area contributed by atoms with Crippen LogP contribution in [0, 0.1) is 5.82 Å². The Bertz CT molecular complexity index is 1300. The quantitative estimate of drug-likeness (QED) is 0.440. The number of nitrogens with one attached hydrogen (secondary N) is 1. The Kier molecular flexibility index (Phi) is 8.47. The van der Waals surface area contributed by atoms with E-state index in [2.05, 4.69) is 20.7 Å². The maximum absolute atomic E-state index is 13.9. The first kappa shape index (κ1) is 28.0. The van der Waals surface area contributed by atoms with Gasteiger partial charge >= 0.3 is 0 Å².